The molecule has 3 N–H and O–H groups in total. The predicted molar refractivity (Wildman–Crippen MR) is 208 cm³/mol. The van der Waals surface area contributed by atoms with Crippen molar-refractivity contribution in [2.45, 2.75) is 167 Å². The van der Waals surface area contributed by atoms with Crippen LogP contribution in [0.15, 0.2) is 23.3 Å². The molecule has 4 aliphatic rings. The Bertz CT molecular complexity index is 1430. The van der Waals surface area contributed by atoms with Crippen molar-refractivity contribution in [1.29, 1.82) is 0 Å². The van der Waals surface area contributed by atoms with Crippen LogP contribution in [0.5, 0.6) is 0 Å². The number of hydrogen-bond donors (Lipinski definition) is 3. The van der Waals surface area contributed by atoms with Gasteiger partial charge in [0.25, 0.3) is 11.7 Å². The number of esters is 1. The van der Waals surface area contributed by atoms with Crippen molar-refractivity contribution in [2.24, 2.45) is 29.6 Å². The molecule has 0 aromatic rings. The summed E-state index contributed by atoms with van der Waals surface area (Å²) in [5.74, 6) is -7.50. The zero-order valence-corrected chi connectivity index (χ0v) is 35.1. The lowest BCUT2D eigenvalue weighted by Crippen LogP contribution is -2.64. The number of nitrogens with zero attached hydrogens (tertiary/aromatic N) is 1. The number of methoxy groups -OCH3 is 3. The molecule has 0 aromatic heterocycles. The summed E-state index contributed by atoms with van der Waals surface area (Å²) in [5, 5.41) is 34.1. The average molecular weight is 792 g/mol. The van der Waals surface area contributed by atoms with Gasteiger partial charge in [-0.05, 0) is 95.5 Å². The number of allylic oxidation sites excluding steroid dienone is 3. The van der Waals surface area contributed by atoms with Crippen LogP contribution in [0.25, 0.3) is 0 Å². The first-order valence-corrected chi connectivity index (χ1v) is 20.8. The van der Waals surface area contributed by atoms with Crippen LogP contribution in [-0.4, -0.2) is 126 Å². The minimum atomic E-state index is -2.50. The Morgan fingerprint density at radius 3 is 2.21 bits per heavy atom. The van der Waals surface area contributed by atoms with Crippen molar-refractivity contribution >= 4 is 23.4 Å². The molecule has 3 fully saturated rings. The SMILES string of the molecule is CC[C@H]1/C=C(\C)C[C@@H](C)C[C@@H](OC)[C@H]2O[C@](O)(C(=O)C(=O)N3CCCC[C@H]3C(=O)O[C@H](/C(C)=C\[C@H]3CC[C@H](O)[C@@H](OC)C3)[C@@H](C)[C@H](O)CC1=O)[C@@H](C)C[C@@H]2OC. The van der Waals surface area contributed by atoms with Crippen LogP contribution >= 0.6 is 0 Å². The Morgan fingerprint density at radius 1 is 0.911 bits per heavy atom. The van der Waals surface area contributed by atoms with Gasteiger partial charge in [0, 0.05) is 52.0 Å². The summed E-state index contributed by atoms with van der Waals surface area (Å²) in [4.78, 5) is 57.6. The Balaban J connectivity index is 1.76. The zero-order chi connectivity index (χ0) is 41.5. The molecule has 0 spiro atoms. The number of aliphatic hydroxyl groups excluding tert-OH is 2. The number of amides is 1. The third-order valence-electron chi connectivity index (χ3n) is 12.9. The molecule has 1 aliphatic carbocycles. The summed E-state index contributed by atoms with van der Waals surface area (Å²) in [7, 11) is 4.63. The Labute approximate surface area is 333 Å². The molecule has 3 aliphatic heterocycles. The van der Waals surface area contributed by atoms with Crippen LogP contribution in [-0.2, 0) is 42.9 Å². The van der Waals surface area contributed by atoms with Gasteiger partial charge in [-0.3, -0.25) is 14.4 Å². The molecule has 13 heteroatoms. The quantitative estimate of drug-likeness (QED) is 0.196. The van der Waals surface area contributed by atoms with E-state index in [1.807, 2.05) is 32.9 Å². The van der Waals surface area contributed by atoms with Gasteiger partial charge in [-0.1, -0.05) is 45.4 Å². The van der Waals surface area contributed by atoms with Crippen molar-refractivity contribution in [3.8, 4) is 0 Å². The van der Waals surface area contributed by atoms with Gasteiger partial charge in [0.1, 0.15) is 24.0 Å². The first kappa shape index (κ1) is 46.2. The molecular formula is C43H69NO12. The highest BCUT2D eigenvalue weighted by Crippen LogP contribution is 2.39. The monoisotopic (exact) mass is 791 g/mol. The fourth-order valence-corrected chi connectivity index (χ4v) is 9.39. The summed E-state index contributed by atoms with van der Waals surface area (Å²) in [6.07, 6.45) is 3.72. The number of rotatable bonds is 6. The number of carbonyl (C=O) groups is 4. The van der Waals surface area contributed by atoms with Gasteiger partial charge < -0.3 is 43.9 Å². The number of fused-ring (bicyclic) bond motifs is 3. The molecule has 318 valence electrons. The van der Waals surface area contributed by atoms with Crippen LogP contribution in [0, 0.1) is 29.6 Å². The molecule has 56 heavy (non-hydrogen) atoms. The van der Waals surface area contributed by atoms with Crippen LogP contribution in [0.4, 0.5) is 0 Å². The van der Waals surface area contributed by atoms with Gasteiger partial charge >= 0.3 is 5.97 Å². The number of hydrogen-bond acceptors (Lipinski definition) is 12. The van der Waals surface area contributed by atoms with E-state index in [9.17, 15) is 34.5 Å². The second-order valence-corrected chi connectivity index (χ2v) is 17.2. The fourth-order valence-electron chi connectivity index (χ4n) is 9.39. The minimum absolute atomic E-state index is 0.000914. The standard InChI is InChI=1S/C43H69NO12/c1-10-30-18-24(2)17-25(3)19-36(53-8)39-37(54-9)21-27(5)43(51,56-39)40(48)41(49)44-16-12-11-13-31(44)42(50)55-38(28(6)33(46)23-34(30)47)26(4)20-29-14-15-32(45)35(22-29)52-7/h18,20,25,27-33,35-39,45-46,51H,10-17,19,21-23H2,1-9H3/b24-18+,26-20-/t25-,27+,28+,29-,30+,31+,32+,33-,35+,36-,37+,38-,39-,43+/m1/s1. The van der Waals surface area contributed by atoms with Crippen molar-refractivity contribution in [3.63, 3.8) is 0 Å². The molecule has 1 amide bonds. The molecule has 0 radical (unpaired) electrons. The number of ether oxygens (including phenoxy) is 5. The highest BCUT2D eigenvalue weighted by molar-refractivity contribution is 6.39. The number of Topliss-reactive ketones (excluding diaryl/α,β-unsaturated/α-hetero) is 2. The average Bonchev–Trinajstić information content (AvgIpc) is 3.18. The molecule has 13 nitrogen and oxygen atoms in total. The Hall–Kier alpha value is -2.52. The van der Waals surface area contributed by atoms with E-state index in [1.54, 1.807) is 21.0 Å². The van der Waals surface area contributed by atoms with Crippen molar-refractivity contribution in [3.05, 3.63) is 23.3 Å². The van der Waals surface area contributed by atoms with Crippen LogP contribution in [0.2, 0.25) is 0 Å². The van der Waals surface area contributed by atoms with Crippen LogP contribution in [0.3, 0.4) is 0 Å². The lowest BCUT2D eigenvalue weighted by atomic mass is 9.81. The third-order valence-corrected chi connectivity index (χ3v) is 12.9. The summed E-state index contributed by atoms with van der Waals surface area (Å²) in [5.41, 5.74) is 1.66. The molecule has 14 atom stereocenters. The predicted octanol–water partition coefficient (Wildman–Crippen LogP) is 4.47. The summed E-state index contributed by atoms with van der Waals surface area (Å²) >= 11 is 0. The van der Waals surface area contributed by atoms with E-state index in [0.717, 1.165) is 5.57 Å². The second kappa shape index (κ2) is 20.4. The second-order valence-electron chi connectivity index (χ2n) is 17.2. The van der Waals surface area contributed by atoms with Crippen molar-refractivity contribution in [1.82, 2.24) is 4.90 Å². The van der Waals surface area contributed by atoms with E-state index >= 15 is 0 Å². The fraction of sp³-hybridized carbons (Fsp3) is 0.814. The van der Waals surface area contributed by atoms with E-state index in [-0.39, 0.29) is 49.5 Å². The van der Waals surface area contributed by atoms with Crippen LogP contribution in [0.1, 0.15) is 112 Å². The van der Waals surface area contributed by atoms with Gasteiger partial charge in [0.15, 0.2) is 0 Å². The summed E-state index contributed by atoms with van der Waals surface area (Å²) in [6.45, 7) is 11.3. The lowest BCUT2D eigenvalue weighted by molar-refractivity contribution is -0.302. The van der Waals surface area contributed by atoms with E-state index < -0.39 is 83.9 Å². The zero-order valence-electron chi connectivity index (χ0n) is 35.1. The summed E-state index contributed by atoms with van der Waals surface area (Å²) < 4.78 is 29.7. The molecule has 3 heterocycles. The van der Waals surface area contributed by atoms with E-state index in [1.165, 1.54) is 19.1 Å². The topological polar surface area (TPSA) is 178 Å². The van der Waals surface area contributed by atoms with Gasteiger partial charge in [-0.2, -0.15) is 0 Å². The maximum absolute atomic E-state index is 14.3. The van der Waals surface area contributed by atoms with E-state index in [0.29, 0.717) is 56.9 Å². The van der Waals surface area contributed by atoms with E-state index in [2.05, 4.69) is 6.92 Å². The Morgan fingerprint density at radius 2 is 1.57 bits per heavy atom. The molecular weight excluding hydrogens is 722 g/mol. The molecule has 0 unspecified atom stereocenters. The molecule has 1 saturated carbocycles. The molecule has 2 saturated heterocycles. The smallest absolute Gasteiger partial charge is 0.329 e. The van der Waals surface area contributed by atoms with Gasteiger partial charge in [-0.25, -0.2) is 4.79 Å². The largest absolute Gasteiger partial charge is 0.456 e. The maximum atomic E-state index is 14.3. The first-order chi connectivity index (χ1) is 26.5. The first-order valence-electron chi connectivity index (χ1n) is 20.8. The Kier molecular flexibility index (Phi) is 16.9. The van der Waals surface area contributed by atoms with Crippen molar-refractivity contribution < 1.29 is 58.2 Å². The number of carbonyl (C=O) groups excluding carboxylic acids is 4. The van der Waals surface area contributed by atoms with E-state index in [4.69, 9.17) is 23.7 Å². The number of ketones is 2. The highest BCUT2D eigenvalue weighted by atomic mass is 16.7. The number of aliphatic hydroxyl groups is 3. The van der Waals surface area contributed by atoms with Crippen LogP contribution < -0.4 is 0 Å². The third kappa shape index (κ3) is 10.7. The highest BCUT2D eigenvalue weighted by Gasteiger charge is 2.56. The van der Waals surface area contributed by atoms with Crippen molar-refractivity contribution in [2.75, 3.05) is 27.9 Å². The molecule has 0 aromatic carbocycles. The lowest BCUT2D eigenvalue weighted by Gasteiger charge is -2.47. The number of piperidine rings is 1. The minimum Gasteiger partial charge on any atom is -0.456 e. The number of cyclic esters (lactones) is 1. The molecule has 2 bridgehead atoms. The van der Waals surface area contributed by atoms with Gasteiger partial charge in [-0.15, -0.1) is 0 Å². The van der Waals surface area contributed by atoms with Gasteiger partial charge in [0.05, 0.1) is 30.5 Å². The summed E-state index contributed by atoms with van der Waals surface area (Å²) in [6, 6.07) is -1.13. The van der Waals surface area contributed by atoms with Gasteiger partial charge in [0.2, 0.25) is 5.79 Å². The molecule has 4 rings (SSSR count). The normalized spacial score (nSPS) is 41.6. The maximum Gasteiger partial charge on any atom is 0.329 e.